The lowest BCUT2D eigenvalue weighted by molar-refractivity contribution is 0.558. The summed E-state index contributed by atoms with van der Waals surface area (Å²) in [6, 6.07) is 2.05. The number of hydrogen-bond donors (Lipinski definition) is 1. The van der Waals surface area contributed by atoms with Gasteiger partial charge in [-0.1, -0.05) is 0 Å². The summed E-state index contributed by atoms with van der Waals surface area (Å²) in [6.45, 7) is 9.10. The van der Waals surface area contributed by atoms with Crippen LogP contribution in [0.1, 0.15) is 38.3 Å². The number of aromatic nitrogens is 4. The number of anilines is 1. The largest absolute Gasteiger partial charge is 0.370 e. The van der Waals surface area contributed by atoms with Gasteiger partial charge in [0, 0.05) is 36.7 Å². The average Bonchev–Trinajstić information content (AvgIpc) is 2.71. The molecule has 0 amide bonds. The number of nitrogens with zero attached hydrogens (tertiary/aromatic N) is 4. The number of rotatable bonds is 5. The molecule has 108 valence electrons. The fourth-order valence-corrected chi connectivity index (χ4v) is 2.07. The highest BCUT2D eigenvalue weighted by atomic mass is 16.1. The minimum absolute atomic E-state index is 0.0323. The first-order valence-corrected chi connectivity index (χ1v) is 6.87. The van der Waals surface area contributed by atoms with Gasteiger partial charge in [0.2, 0.25) is 0 Å². The van der Waals surface area contributed by atoms with E-state index in [1.807, 2.05) is 33.8 Å². The van der Waals surface area contributed by atoms with Crippen LogP contribution < -0.4 is 11.0 Å². The smallest absolute Gasteiger partial charge is 0.328 e. The Labute approximate surface area is 118 Å². The lowest BCUT2D eigenvalue weighted by Crippen LogP contribution is -2.26. The van der Waals surface area contributed by atoms with E-state index in [0.29, 0.717) is 12.4 Å². The molecule has 6 nitrogen and oxygen atoms in total. The summed E-state index contributed by atoms with van der Waals surface area (Å²) in [6.07, 6.45) is 3.58. The third-order valence-corrected chi connectivity index (χ3v) is 3.00. The van der Waals surface area contributed by atoms with Crippen LogP contribution in [0.2, 0.25) is 0 Å². The van der Waals surface area contributed by atoms with Gasteiger partial charge in [0.1, 0.15) is 5.82 Å². The highest BCUT2D eigenvalue weighted by molar-refractivity contribution is 5.35. The van der Waals surface area contributed by atoms with E-state index in [1.54, 1.807) is 21.5 Å². The van der Waals surface area contributed by atoms with Crippen LogP contribution in [0.25, 0.3) is 0 Å². The molecule has 0 unspecified atom stereocenters. The Hall–Kier alpha value is -2.11. The van der Waals surface area contributed by atoms with Gasteiger partial charge in [0.25, 0.3) is 0 Å². The molecule has 6 heteroatoms. The minimum Gasteiger partial charge on any atom is -0.370 e. The molecule has 2 aromatic rings. The van der Waals surface area contributed by atoms with E-state index < -0.39 is 0 Å². The van der Waals surface area contributed by atoms with Crippen molar-refractivity contribution in [3.8, 4) is 0 Å². The third-order valence-electron chi connectivity index (χ3n) is 3.00. The molecule has 2 rings (SSSR count). The maximum absolute atomic E-state index is 12.2. The topological polar surface area (TPSA) is 64.7 Å². The molecule has 0 saturated heterocycles. The van der Waals surface area contributed by atoms with Crippen LogP contribution in [0.3, 0.4) is 0 Å². The van der Waals surface area contributed by atoms with Crippen LogP contribution in [0.4, 0.5) is 5.82 Å². The molecule has 0 fully saturated rings. The van der Waals surface area contributed by atoms with Gasteiger partial charge < -0.3 is 5.32 Å². The van der Waals surface area contributed by atoms with E-state index in [2.05, 4.69) is 15.3 Å². The van der Waals surface area contributed by atoms with Gasteiger partial charge in [-0.15, -0.1) is 0 Å². The molecular weight excluding hydrogens is 254 g/mol. The van der Waals surface area contributed by atoms with Crippen LogP contribution in [-0.4, -0.2) is 25.6 Å². The van der Waals surface area contributed by atoms with Crippen LogP contribution in [0, 0.1) is 6.92 Å². The Kier molecular flexibility index (Phi) is 4.22. The molecule has 0 aliphatic heterocycles. The first-order chi connectivity index (χ1) is 9.51. The van der Waals surface area contributed by atoms with E-state index in [9.17, 15) is 4.79 Å². The van der Waals surface area contributed by atoms with Crippen molar-refractivity contribution in [3.05, 3.63) is 40.5 Å². The Morgan fingerprint density at radius 1 is 1.30 bits per heavy atom. The van der Waals surface area contributed by atoms with E-state index in [-0.39, 0.29) is 11.7 Å². The monoisotopic (exact) mass is 275 g/mol. The van der Waals surface area contributed by atoms with Gasteiger partial charge >= 0.3 is 5.69 Å². The van der Waals surface area contributed by atoms with Crippen molar-refractivity contribution in [2.75, 3.05) is 11.9 Å². The molecule has 0 aliphatic rings. The minimum atomic E-state index is -0.0323. The molecule has 0 atom stereocenters. The van der Waals surface area contributed by atoms with Crippen molar-refractivity contribution in [1.82, 2.24) is 19.1 Å². The summed E-state index contributed by atoms with van der Waals surface area (Å²) in [7, 11) is 0. The summed E-state index contributed by atoms with van der Waals surface area (Å²) in [5.41, 5.74) is 0.859. The van der Waals surface area contributed by atoms with Crippen molar-refractivity contribution in [1.29, 1.82) is 0 Å². The number of aryl methyl sites for hydroxylation is 1. The summed E-state index contributed by atoms with van der Waals surface area (Å²) in [5, 5.41) is 3.17. The van der Waals surface area contributed by atoms with Crippen molar-refractivity contribution < 1.29 is 0 Å². The van der Waals surface area contributed by atoms with E-state index in [4.69, 9.17) is 0 Å². The Morgan fingerprint density at radius 3 is 2.65 bits per heavy atom. The zero-order valence-corrected chi connectivity index (χ0v) is 12.4. The summed E-state index contributed by atoms with van der Waals surface area (Å²) in [4.78, 5) is 21.0. The Morgan fingerprint density at radius 2 is 2.05 bits per heavy atom. The van der Waals surface area contributed by atoms with E-state index in [1.165, 1.54) is 0 Å². The molecule has 0 spiro atoms. The first kappa shape index (κ1) is 14.3. The maximum Gasteiger partial charge on any atom is 0.328 e. The highest BCUT2D eigenvalue weighted by Gasteiger charge is 2.09. The van der Waals surface area contributed by atoms with Gasteiger partial charge in [0.05, 0.1) is 6.54 Å². The fourth-order valence-electron chi connectivity index (χ4n) is 2.07. The summed E-state index contributed by atoms with van der Waals surface area (Å²) < 4.78 is 3.32. The predicted molar refractivity (Wildman–Crippen MR) is 79.1 cm³/mol. The molecule has 2 aromatic heterocycles. The SMILES string of the molecule is CCNc1cc(C)nc(Cn2ccn(C(C)C)c2=O)n1. The number of imidazole rings is 1. The zero-order valence-electron chi connectivity index (χ0n) is 12.4. The van der Waals surface area contributed by atoms with Crippen LogP contribution >= 0.6 is 0 Å². The Balaban J connectivity index is 2.28. The third kappa shape index (κ3) is 3.07. The van der Waals surface area contributed by atoms with E-state index >= 15 is 0 Å². The molecule has 0 bridgehead atoms. The second-order valence-electron chi connectivity index (χ2n) is 5.05. The molecular formula is C14H21N5O. The predicted octanol–water partition coefficient (Wildman–Crippen LogP) is 1.81. The van der Waals surface area contributed by atoms with Crippen molar-refractivity contribution in [2.45, 2.75) is 40.3 Å². The zero-order chi connectivity index (χ0) is 14.7. The van der Waals surface area contributed by atoms with Gasteiger partial charge in [-0.2, -0.15) is 0 Å². The molecule has 0 aromatic carbocycles. The van der Waals surface area contributed by atoms with Crippen LogP contribution in [0.15, 0.2) is 23.3 Å². The molecule has 0 aliphatic carbocycles. The average molecular weight is 275 g/mol. The Bertz CT molecular complexity index is 641. The lowest BCUT2D eigenvalue weighted by atomic mass is 10.4. The van der Waals surface area contributed by atoms with Crippen LogP contribution in [-0.2, 0) is 6.54 Å². The quantitative estimate of drug-likeness (QED) is 0.904. The second kappa shape index (κ2) is 5.90. The lowest BCUT2D eigenvalue weighted by Gasteiger charge is -2.07. The van der Waals surface area contributed by atoms with Gasteiger partial charge in [-0.05, 0) is 27.7 Å². The highest BCUT2D eigenvalue weighted by Crippen LogP contribution is 2.07. The molecule has 2 heterocycles. The van der Waals surface area contributed by atoms with Crippen molar-refractivity contribution in [3.63, 3.8) is 0 Å². The summed E-state index contributed by atoms with van der Waals surface area (Å²) in [5.74, 6) is 1.44. The summed E-state index contributed by atoms with van der Waals surface area (Å²) >= 11 is 0. The molecule has 1 N–H and O–H groups in total. The normalized spacial score (nSPS) is 11.1. The van der Waals surface area contributed by atoms with Crippen LogP contribution in [0.5, 0.6) is 0 Å². The standard InChI is InChI=1S/C14H21N5O/c1-5-15-12-8-11(4)16-13(17-12)9-18-6-7-19(10(2)3)14(18)20/h6-8,10H,5,9H2,1-4H3,(H,15,16,17). The van der Waals surface area contributed by atoms with Crippen molar-refractivity contribution in [2.24, 2.45) is 0 Å². The van der Waals surface area contributed by atoms with Gasteiger partial charge in [-0.3, -0.25) is 9.13 Å². The van der Waals surface area contributed by atoms with Crippen molar-refractivity contribution >= 4 is 5.82 Å². The maximum atomic E-state index is 12.2. The molecule has 0 radical (unpaired) electrons. The molecule has 20 heavy (non-hydrogen) atoms. The van der Waals surface area contributed by atoms with Gasteiger partial charge in [-0.25, -0.2) is 14.8 Å². The van der Waals surface area contributed by atoms with E-state index in [0.717, 1.165) is 18.1 Å². The number of hydrogen-bond acceptors (Lipinski definition) is 4. The fraction of sp³-hybridized carbons (Fsp3) is 0.500. The second-order valence-corrected chi connectivity index (χ2v) is 5.05. The first-order valence-electron chi connectivity index (χ1n) is 6.87. The molecule has 0 saturated carbocycles. The number of nitrogens with one attached hydrogen (secondary N) is 1. The van der Waals surface area contributed by atoms with Gasteiger partial charge in [0.15, 0.2) is 5.82 Å².